The molecule has 166 valence electrons. The molecule has 0 spiro atoms. The summed E-state index contributed by atoms with van der Waals surface area (Å²) in [6, 6.07) is 18.8. The largest absolute Gasteiger partial charge is 0.496 e. The number of hydrogen-bond donors (Lipinski definition) is 1. The number of para-hydroxylation sites is 2. The molecule has 6 heteroatoms. The molecule has 0 saturated carbocycles. The Kier molecular flexibility index (Phi) is 6.59. The van der Waals surface area contributed by atoms with Gasteiger partial charge in [-0.15, -0.1) is 0 Å². The summed E-state index contributed by atoms with van der Waals surface area (Å²) in [5, 5.41) is 4.75. The van der Waals surface area contributed by atoms with Gasteiger partial charge in [-0.1, -0.05) is 36.4 Å². The summed E-state index contributed by atoms with van der Waals surface area (Å²) in [4.78, 5) is 28.2. The summed E-state index contributed by atoms with van der Waals surface area (Å²) in [5.41, 5.74) is 1.29. The van der Waals surface area contributed by atoms with Gasteiger partial charge in [0.1, 0.15) is 11.5 Å². The van der Waals surface area contributed by atoms with Gasteiger partial charge in [-0.3, -0.25) is 9.59 Å². The molecule has 1 fully saturated rings. The van der Waals surface area contributed by atoms with E-state index in [1.807, 2.05) is 67.6 Å². The minimum atomic E-state index is -0.271. The number of piperidine rings is 1. The zero-order valence-corrected chi connectivity index (χ0v) is 18.5. The van der Waals surface area contributed by atoms with E-state index in [1.165, 1.54) is 0 Å². The number of carbonyl (C=O) groups is 2. The smallest absolute Gasteiger partial charge is 0.254 e. The number of nitrogens with zero attached hydrogens (tertiary/aromatic N) is 1. The molecular formula is C26H28N2O4. The molecule has 3 aromatic carbocycles. The quantitative estimate of drug-likeness (QED) is 0.611. The molecule has 1 atom stereocenters. The number of carbonyl (C=O) groups excluding carboxylic acids is 2. The Morgan fingerprint density at radius 3 is 2.53 bits per heavy atom. The monoisotopic (exact) mass is 432 g/mol. The molecule has 2 amide bonds. The average Bonchev–Trinajstić information content (AvgIpc) is 2.84. The van der Waals surface area contributed by atoms with Gasteiger partial charge in [-0.2, -0.15) is 0 Å². The Balaban J connectivity index is 1.52. The van der Waals surface area contributed by atoms with Crippen molar-refractivity contribution in [1.82, 2.24) is 4.90 Å². The third-order valence-electron chi connectivity index (χ3n) is 5.86. The molecule has 32 heavy (non-hydrogen) atoms. The molecule has 1 N–H and O–H groups in total. The molecule has 0 radical (unpaired) electrons. The third-order valence-corrected chi connectivity index (χ3v) is 5.86. The number of anilines is 1. The van der Waals surface area contributed by atoms with Crippen molar-refractivity contribution in [1.29, 1.82) is 0 Å². The molecule has 6 nitrogen and oxygen atoms in total. The van der Waals surface area contributed by atoms with Gasteiger partial charge in [-0.25, -0.2) is 0 Å². The summed E-state index contributed by atoms with van der Waals surface area (Å²) in [6.45, 7) is 3.46. The summed E-state index contributed by atoms with van der Waals surface area (Å²) >= 11 is 0. The molecule has 0 bridgehead atoms. The van der Waals surface area contributed by atoms with E-state index in [0.717, 1.165) is 29.4 Å². The highest BCUT2D eigenvalue weighted by molar-refractivity contribution is 6.08. The van der Waals surface area contributed by atoms with Gasteiger partial charge >= 0.3 is 0 Å². The van der Waals surface area contributed by atoms with E-state index in [2.05, 4.69) is 5.32 Å². The summed E-state index contributed by atoms with van der Waals surface area (Å²) < 4.78 is 11.1. The summed E-state index contributed by atoms with van der Waals surface area (Å²) in [7, 11) is 1.63. The highest BCUT2D eigenvalue weighted by Crippen LogP contribution is 2.31. The van der Waals surface area contributed by atoms with Crippen LogP contribution in [0.4, 0.5) is 5.69 Å². The molecule has 1 heterocycles. The Morgan fingerprint density at radius 1 is 1.00 bits per heavy atom. The van der Waals surface area contributed by atoms with E-state index < -0.39 is 0 Å². The zero-order valence-electron chi connectivity index (χ0n) is 18.5. The molecule has 0 unspecified atom stereocenters. The van der Waals surface area contributed by atoms with Gasteiger partial charge in [-0.05, 0) is 49.4 Å². The number of amides is 2. The van der Waals surface area contributed by atoms with Crippen molar-refractivity contribution in [3.8, 4) is 11.5 Å². The summed E-state index contributed by atoms with van der Waals surface area (Å²) in [6.07, 6.45) is 1.53. The van der Waals surface area contributed by atoms with Crippen LogP contribution in [0.5, 0.6) is 11.5 Å². The van der Waals surface area contributed by atoms with Crippen LogP contribution in [0.1, 0.15) is 30.1 Å². The van der Waals surface area contributed by atoms with Gasteiger partial charge in [0.2, 0.25) is 5.91 Å². The second-order valence-electron chi connectivity index (χ2n) is 7.87. The fourth-order valence-corrected chi connectivity index (χ4v) is 4.27. The van der Waals surface area contributed by atoms with Crippen LogP contribution >= 0.6 is 0 Å². The first-order valence-corrected chi connectivity index (χ1v) is 11.0. The maximum absolute atomic E-state index is 13.4. The maximum atomic E-state index is 13.4. The topological polar surface area (TPSA) is 67.9 Å². The Morgan fingerprint density at radius 2 is 1.75 bits per heavy atom. The van der Waals surface area contributed by atoms with E-state index >= 15 is 0 Å². The number of methoxy groups -OCH3 is 1. The molecule has 1 aliphatic rings. The summed E-state index contributed by atoms with van der Waals surface area (Å²) in [5.74, 6) is 0.968. The number of fused-ring (bicyclic) bond motifs is 1. The number of nitrogens with one attached hydrogen (secondary N) is 1. The van der Waals surface area contributed by atoms with Crippen molar-refractivity contribution in [2.24, 2.45) is 5.92 Å². The number of ether oxygens (including phenoxy) is 2. The van der Waals surface area contributed by atoms with E-state index in [9.17, 15) is 9.59 Å². The molecule has 1 saturated heterocycles. The highest BCUT2D eigenvalue weighted by Gasteiger charge is 2.30. The normalized spacial score (nSPS) is 15.9. The fourth-order valence-electron chi connectivity index (χ4n) is 4.27. The van der Waals surface area contributed by atoms with E-state index in [1.54, 1.807) is 12.0 Å². The number of rotatable bonds is 6. The second kappa shape index (κ2) is 9.73. The van der Waals surface area contributed by atoms with Crippen molar-refractivity contribution in [2.45, 2.75) is 19.8 Å². The van der Waals surface area contributed by atoms with Crippen LogP contribution in [0.3, 0.4) is 0 Å². The first-order chi connectivity index (χ1) is 15.6. The maximum Gasteiger partial charge on any atom is 0.254 e. The minimum absolute atomic E-state index is 0.0592. The molecular weight excluding hydrogens is 404 g/mol. The lowest BCUT2D eigenvalue weighted by Crippen LogP contribution is -2.43. The lowest BCUT2D eigenvalue weighted by atomic mass is 9.95. The number of hydrogen-bond acceptors (Lipinski definition) is 4. The minimum Gasteiger partial charge on any atom is -0.496 e. The van der Waals surface area contributed by atoms with E-state index in [-0.39, 0.29) is 17.7 Å². The predicted octanol–water partition coefficient (Wildman–Crippen LogP) is 4.74. The van der Waals surface area contributed by atoms with Gasteiger partial charge < -0.3 is 19.7 Å². The van der Waals surface area contributed by atoms with E-state index in [0.29, 0.717) is 36.7 Å². The van der Waals surface area contributed by atoms with Crippen molar-refractivity contribution < 1.29 is 19.1 Å². The SMILES string of the molecule is CCOc1ccccc1NC(=O)[C@@H]1CCCN(C(=O)c2ccc(OC)c3ccccc23)C1. The standard InChI is InChI=1S/C26H28N2O4/c1-3-32-24-13-7-6-12-22(24)27-25(29)18-9-8-16-28(17-18)26(30)21-14-15-23(31-2)20-11-5-4-10-19(20)21/h4-7,10-15,18H,3,8-9,16-17H2,1-2H3,(H,27,29)/t18-/m1/s1. The predicted molar refractivity (Wildman–Crippen MR) is 125 cm³/mol. The van der Waals surface area contributed by atoms with Crippen LogP contribution in [0.15, 0.2) is 60.7 Å². The zero-order chi connectivity index (χ0) is 22.5. The van der Waals surface area contributed by atoms with Crippen LogP contribution in [-0.4, -0.2) is 43.5 Å². The van der Waals surface area contributed by atoms with Gasteiger partial charge in [0.15, 0.2) is 0 Å². The molecule has 3 aromatic rings. The van der Waals surface area contributed by atoms with Gasteiger partial charge in [0.05, 0.1) is 25.3 Å². The molecule has 4 rings (SSSR count). The highest BCUT2D eigenvalue weighted by atomic mass is 16.5. The Bertz CT molecular complexity index is 1130. The first-order valence-electron chi connectivity index (χ1n) is 11.0. The van der Waals surface area contributed by atoms with Crippen molar-refractivity contribution in [2.75, 3.05) is 32.1 Å². The van der Waals surface area contributed by atoms with E-state index in [4.69, 9.17) is 9.47 Å². The van der Waals surface area contributed by atoms with Crippen molar-refractivity contribution in [3.05, 3.63) is 66.2 Å². The average molecular weight is 433 g/mol. The lowest BCUT2D eigenvalue weighted by molar-refractivity contribution is -0.121. The van der Waals surface area contributed by atoms with Crippen LogP contribution < -0.4 is 14.8 Å². The van der Waals surface area contributed by atoms with Crippen LogP contribution in [-0.2, 0) is 4.79 Å². The third kappa shape index (κ3) is 4.40. The number of likely N-dealkylation sites (tertiary alicyclic amines) is 1. The van der Waals surface area contributed by atoms with Crippen LogP contribution in [0.25, 0.3) is 10.8 Å². The van der Waals surface area contributed by atoms with Gasteiger partial charge in [0, 0.05) is 24.0 Å². The van der Waals surface area contributed by atoms with Crippen molar-refractivity contribution in [3.63, 3.8) is 0 Å². The molecule has 0 aliphatic carbocycles. The molecule has 0 aromatic heterocycles. The van der Waals surface area contributed by atoms with Crippen molar-refractivity contribution >= 4 is 28.3 Å². The fraction of sp³-hybridized carbons (Fsp3) is 0.308. The Hall–Kier alpha value is -3.54. The van der Waals surface area contributed by atoms with Crippen LogP contribution in [0, 0.1) is 5.92 Å². The Labute approximate surface area is 188 Å². The second-order valence-corrected chi connectivity index (χ2v) is 7.87. The number of benzene rings is 3. The van der Waals surface area contributed by atoms with Gasteiger partial charge in [0.25, 0.3) is 5.91 Å². The molecule has 1 aliphatic heterocycles. The lowest BCUT2D eigenvalue weighted by Gasteiger charge is -2.32. The van der Waals surface area contributed by atoms with Crippen LogP contribution in [0.2, 0.25) is 0 Å². The first kappa shape index (κ1) is 21.7.